The lowest BCUT2D eigenvalue weighted by Gasteiger charge is -2.02. The van der Waals surface area contributed by atoms with Crippen LogP contribution in [0.2, 0.25) is 0 Å². The first-order valence-electron chi connectivity index (χ1n) is 5.62. The Balaban J connectivity index is 2.12. The molecule has 0 atom stereocenters. The van der Waals surface area contributed by atoms with Gasteiger partial charge in [0.1, 0.15) is 0 Å². The van der Waals surface area contributed by atoms with Crippen LogP contribution in [-0.2, 0) is 6.54 Å². The molecule has 3 aromatic rings. The molecule has 1 aromatic carbocycles. The summed E-state index contributed by atoms with van der Waals surface area (Å²) in [5, 5.41) is 0. The van der Waals surface area contributed by atoms with Crippen LogP contribution in [-0.4, -0.2) is 14.5 Å². The number of nitrogen functional groups attached to an aromatic ring is 1. The van der Waals surface area contributed by atoms with Crippen LogP contribution in [0.3, 0.4) is 0 Å². The second kappa shape index (κ2) is 4.03. The molecule has 0 fully saturated rings. The molecule has 0 amide bonds. The molecule has 2 heterocycles. The molecule has 0 bridgehead atoms. The predicted molar refractivity (Wildman–Crippen MR) is 70.3 cm³/mol. The van der Waals surface area contributed by atoms with Crippen molar-refractivity contribution in [2.75, 3.05) is 5.73 Å². The summed E-state index contributed by atoms with van der Waals surface area (Å²) in [6.07, 6.45) is 1.72. The molecule has 90 valence electrons. The van der Waals surface area contributed by atoms with Gasteiger partial charge in [-0.25, -0.2) is 4.79 Å². The fourth-order valence-electron chi connectivity index (χ4n) is 1.99. The number of H-pyrrole nitrogens is 1. The summed E-state index contributed by atoms with van der Waals surface area (Å²) >= 11 is 0. The molecule has 5 heteroatoms. The minimum Gasteiger partial charge on any atom is -0.399 e. The van der Waals surface area contributed by atoms with Gasteiger partial charge in [-0.05, 0) is 30.3 Å². The molecular formula is C13H12N4O. The Morgan fingerprint density at radius 2 is 2.17 bits per heavy atom. The van der Waals surface area contributed by atoms with Crippen molar-refractivity contribution in [3.05, 3.63) is 58.8 Å². The zero-order valence-electron chi connectivity index (χ0n) is 9.63. The van der Waals surface area contributed by atoms with Gasteiger partial charge in [-0.15, -0.1) is 0 Å². The first kappa shape index (κ1) is 10.6. The molecule has 0 unspecified atom stereocenters. The Bertz CT molecular complexity index is 743. The second-order valence-corrected chi connectivity index (χ2v) is 4.11. The number of nitrogens with two attached hydrogens (primary N) is 1. The van der Waals surface area contributed by atoms with Crippen molar-refractivity contribution in [3.63, 3.8) is 0 Å². The van der Waals surface area contributed by atoms with Gasteiger partial charge in [0.25, 0.3) is 0 Å². The Labute approximate surface area is 103 Å². The SMILES string of the molecule is Nc1ccc2c(c1)[nH]c(=O)n2Cc1ccccn1. The highest BCUT2D eigenvalue weighted by Crippen LogP contribution is 2.14. The second-order valence-electron chi connectivity index (χ2n) is 4.11. The van der Waals surface area contributed by atoms with Gasteiger partial charge >= 0.3 is 5.69 Å². The number of rotatable bonds is 2. The number of aromatic nitrogens is 3. The van der Waals surface area contributed by atoms with Crippen molar-refractivity contribution in [2.24, 2.45) is 0 Å². The largest absolute Gasteiger partial charge is 0.399 e. The molecular weight excluding hydrogens is 228 g/mol. The van der Waals surface area contributed by atoms with E-state index >= 15 is 0 Å². The summed E-state index contributed by atoms with van der Waals surface area (Å²) in [7, 11) is 0. The summed E-state index contributed by atoms with van der Waals surface area (Å²) in [6, 6.07) is 11.0. The number of nitrogens with zero attached hydrogens (tertiary/aromatic N) is 2. The first-order valence-corrected chi connectivity index (χ1v) is 5.62. The van der Waals surface area contributed by atoms with E-state index in [2.05, 4.69) is 9.97 Å². The van der Waals surface area contributed by atoms with Crippen molar-refractivity contribution in [2.45, 2.75) is 6.54 Å². The molecule has 18 heavy (non-hydrogen) atoms. The number of benzene rings is 1. The summed E-state index contributed by atoms with van der Waals surface area (Å²) in [5.41, 5.74) is 8.60. The van der Waals surface area contributed by atoms with E-state index in [0.29, 0.717) is 12.2 Å². The maximum Gasteiger partial charge on any atom is 0.326 e. The molecule has 0 saturated carbocycles. The molecule has 3 N–H and O–H groups in total. The van der Waals surface area contributed by atoms with Crippen LogP contribution in [0.15, 0.2) is 47.4 Å². The van der Waals surface area contributed by atoms with E-state index in [1.54, 1.807) is 22.9 Å². The molecule has 2 aromatic heterocycles. The Morgan fingerprint density at radius 1 is 1.28 bits per heavy atom. The van der Waals surface area contributed by atoms with Gasteiger partial charge in [-0.3, -0.25) is 9.55 Å². The topological polar surface area (TPSA) is 76.7 Å². The van der Waals surface area contributed by atoms with E-state index in [-0.39, 0.29) is 5.69 Å². The molecule has 0 radical (unpaired) electrons. The maximum absolute atomic E-state index is 11.9. The van der Waals surface area contributed by atoms with Crippen LogP contribution in [0.5, 0.6) is 0 Å². The molecule has 0 aliphatic carbocycles. The van der Waals surface area contributed by atoms with E-state index in [9.17, 15) is 4.79 Å². The number of imidazole rings is 1. The number of fused-ring (bicyclic) bond motifs is 1. The number of hydrogen-bond donors (Lipinski definition) is 2. The van der Waals surface area contributed by atoms with Crippen molar-refractivity contribution in [1.82, 2.24) is 14.5 Å². The Hall–Kier alpha value is -2.56. The summed E-state index contributed by atoms with van der Waals surface area (Å²) in [4.78, 5) is 18.9. The van der Waals surface area contributed by atoms with E-state index in [1.807, 2.05) is 24.3 Å². The Kier molecular flexibility index (Phi) is 2.37. The minimum atomic E-state index is -0.152. The number of anilines is 1. The van der Waals surface area contributed by atoms with E-state index in [0.717, 1.165) is 16.7 Å². The number of nitrogens with one attached hydrogen (secondary N) is 1. The van der Waals surface area contributed by atoms with Crippen LogP contribution in [0.1, 0.15) is 5.69 Å². The van der Waals surface area contributed by atoms with E-state index < -0.39 is 0 Å². The van der Waals surface area contributed by atoms with Gasteiger partial charge in [-0.2, -0.15) is 0 Å². The normalized spacial score (nSPS) is 10.9. The van der Waals surface area contributed by atoms with Crippen LogP contribution in [0.25, 0.3) is 11.0 Å². The van der Waals surface area contributed by atoms with Crippen molar-refractivity contribution in [3.8, 4) is 0 Å². The third kappa shape index (κ3) is 1.75. The standard InChI is InChI=1S/C13H12N4O/c14-9-4-5-12-11(7-9)16-13(18)17(12)8-10-3-1-2-6-15-10/h1-7H,8,14H2,(H,16,18). The fourth-order valence-corrected chi connectivity index (χ4v) is 1.99. The first-order chi connectivity index (χ1) is 8.74. The molecule has 0 spiro atoms. The van der Waals surface area contributed by atoms with Crippen LogP contribution >= 0.6 is 0 Å². The monoisotopic (exact) mass is 240 g/mol. The number of pyridine rings is 1. The van der Waals surface area contributed by atoms with Crippen molar-refractivity contribution < 1.29 is 0 Å². The van der Waals surface area contributed by atoms with Gasteiger partial charge in [0.15, 0.2) is 0 Å². The third-order valence-electron chi connectivity index (χ3n) is 2.84. The predicted octanol–water partition coefficient (Wildman–Crippen LogP) is 1.36. The van der Waals surface area contributed by atoms with Crippen LogP contribution in [0.4, 0.5) is 5.69 Å². The highest BCUT2D eigenvalue weighted by molar-refractivity contribution is 5.78. The lowest BCUT2D eigenvalue weighted by atomic mass is 10.2. The van der Waals surface area contributed by atoms with Gasteiger partial charge in [-0.1, -0.05) is 6.07 Å². The highest BCUT2D eigenvalue weighted by atomic mass is 16.1. The third-order valence-corrected chi connectivity index (χ3v) is 2.84. The van der Waals surface area contributed by atoms with Crippen molar-refractivity contribution >= 4 is 16.7 Å². The average Bonchev–Trinajstić information content (AvgIpc) is 2.66. The summed E-state index contributed by atoms with van der Waals surface area (Å²) < 4.78 is 1.65. The quantitative estimate of drug-likeness (QED) is 0.664. The van der Waals surface area contributed by atoms with Gasteiger partial charge in [0.2, 0.25) is 0 Å². The zero-order chi connectivity index (χ0) is 12.5. The van der Waals surface area contributed by atoms with Crippen LogP contribution in [0, 0.1) is 0 Å². The van der Waals surface area contributed by atoms with Gasteiger partial charge < -0.3 is 10.7 Å². The molecule has 3 rings (SSSR count). The average molecular weight is 240 g/mol. The van der Waals surface area contributed by atoms with Crippen LogP contribution < -0.4 is 11.4 Å². The van der Waals surface area contributed by atoms with Gasteiger partial charge in [0.05, 0.1) is 23.3 Å². The maximum atomic E-state index is 11.9. The number of hydrogen-bond acceptors (Lipinski definition) is 3. The Morgan fingerprint density at radius 3 is 2.94 bits per heavy atom. The fraction of sp³-hybridized carbons (Fsp3) is 0.0769. The number of aromatic amines is 1. The minimum absolute atomic E-state index is 0.152. The lowest BCUT2D eigenvalue weighted by Crippen LogP contribution is -2.17. The zero-order valence-corrected chi connectivity index (χ0v) is 9.63. The summed E-state index contributed by atoms with van der Waals surface area (Å²) in [6.45, 7) is 0.448. The van der Waals surface area contributed by atoms with Gasteiger partial charge in [0, 0.05) is 11.9 Å². The van der Waals surface area contributed by atoms with E-state index in [1.165, 1.54) is 0 Å². The molecule has 5 nitrogen and oxygen atoms in total. The molecule has 0 aliphatic rings. The van der Waals surface area contributed by atoms with E-state index in [4.69, 9.17) is 5.73 Å². The van der Waals surface area contributed by atoms with Crippen molar-refractivity contribution in [1.29, 1.82) is 0 Å². The molecule has 0 aliphatic heterocycles. The smallest absolute Gasteiger partial charge is 0.326 e. The highest BCUT2D eigenvalue weighted by Gasteiger charge is 2.07. The molecule has 0 saturated heterocycles. The summed E-state index contributed by atoms with van der Waals surface area (Å²) in [5.74, 6) is 0. The lowest BCUT2D eigenvalue weighted by molar-refractivity contribution is 0.765.